The molecule has 0 spiro atoms. The first-order valence-electron chi connectivity index (χ1n) is 5.95. The third-order valence-corrected chi connectivity index (χ3v) is 3.42. The van der Waals surface area contributed by atoms with Crippen LogP contribution in [0.1, 0.15) is 46.0 Å². The first-order chi connectivity index (χ1) is 7.40. The van der Waals surface area contributed by atoms with Crippen molar-refractivity contribution in [1.29, 1.82) is 0 Å². The minimum absolute atomic E-state index is 0.172. The van der Waals surface area contributed by atoms with Crippen molar-refractivity contribution in [3.63, 3.8) is 0 Å². The minimum atomic E-state index is -0.828. The molecule has 1 saturated carbocycles. The van der Waals surface area contributed by atoms with Gasteiger partial charge >= 0.3 is 0 Å². The molecule has 1 aliphatic carbocycles. The third-order valence-electron chi connectivity index (χ3n) is 3.42. The zero-order valence-corrected chi connectivity index (χ0v) is 10.5. The van der Waals surface area contributed by atoms with Crippen molar-refractivity contribution in [2.45, 2.75) is 57.2 Å². The molecule has 0 aromatic heterocycles. The number of amides is 1. The average molecular weight is 229 g/mol. The maximum Gasteiger partial charge on any atom is 0.251 e. The largest absolute Gasteiger partial charge is 0.388 e. The Balaban J connectivity index is 2.41. The van der Waals surface area contributed by atoms with Gasteiger partial charge in [-0.2, -0.15) is 0 Å². The highest BCUT2D eigenvalue weighted by Gasteiger charge is 2.32. The predicted molar refractivity (Wildman–Crippen MR) is 62.1 cm³/mol. The van der Waals surface area contributed by atoms with Crippen molar-refractivity contribution in [2.24, 2.45) is 0 Å². The molecular formula is C12H23NO3. The molecule has 0 aromatic carbocycles. The molecule has 1 amide bonds. The molecule has 0 saturated heterocycles. The summed E-state index contributed by atoms with van der Waals surface area (Å²) in [7, 11) is 1.51. The minimum Gasteiger partial charge on any atom is -0.388 e. The molecule has 0 unspecified atom stereocenters. The van der Waals surface area contributed by atoms with Gasteiger partial charge in [-0.3, -0.25) is 4.79 Å². The summed E-state index contributed by atoms with van der Waals surface area (Å²) in [6, 6.07) is 0. The van der Waals surface area contributed by atoms with E-state index in [0.29, 0.717) is 6.54 Å². The van der Waals surface area contributed by atoms with Crippen LogP contribution >= 0.6 is 0 Å². The number of carbonyl (C=O) groups excluding carboxylic acids is 1. The van der Waals surface area contributed by atoms with Crippen LogP contribution in [0.3, 0.4) is 0 Å². The second-order valence-corrected chi connectivity index (χ2v) is 5.18. The molecule has 4 heteroatoms. The Morgan fingerprint density at radius 1 is 1.38 bits per heavy atom. The summed E-state index contributed by atoms with van der Waals surface area (Å²) in [5, 5.41) is 13.0. The normalized spacial score (nSPS) is 20.5. The number of rotatable bonds is 4. The lowest BCUT2D eigenvalue weighted by Gasteiger charge is -2.33. The first-order valence-corrected chi connectivity index (χ1v) is 5.95. The van der Waals surface area contributed by atoms with Gasteiger partial charge in [-0.1, -0.05) is 19.3 Å². The molecule has 0 aliphatic heterocycles. The molecule has 0 bridgehead atoms. The second kappa shape index (κ2) is 5.15. The van der Waals surface area contributed by atoms with Gasteiger partial charge in [0.2, 0.25) is 0 Å². The van der Waals surface area contributed by atoms with Gasteiger partial charge in [0.25, 0.3) is 5.91 Å². The predicted octanol–water partition coefficient (Wildman–Crippen LogP) is 1.22. The number of aliphatic hydroxyl groups is 1. The highest BCUT2D eigenvalue weighted by atomic mass is 16.5. The maximum atomic E-state index is 11.7. The summed E-state index contributed by atoms with van der Waals surface area (Å²) in [6.45, 7) is 3.76. The van der Waals surface area contributed by atoms with Crippen molar-refractivity contribution in [1.82, 2.24) is 5.32 Å². The number of methoxy groups -OCH3 is 1. The SMILES string of the molecule is COC(C)(C)C(=O)NCC1(O)CCCCC1. The van der Waals surface area contributed by atoms with Crippen LogP contribution in [0.25, 0.3) is 0 Å². The fourth-order valence-corrected chi connectivity index (χ4v) is 1.94. The Hall–Kier alpha value is -0.610. The summed E-state index contributed by atoms with van der Waals surface area (Å²) in [5.41, 5.74) is -1.54. The zero-order chi connectivity index (χ0) is 12.2. The van der Waals surface area contributed by atoms with E-state index in [1.807, 2.05) is 0 Å². The van der Waals surface area contributed by atoms with E-state index in [1.165, 1.54) is 13.5 Å². The van der Waals surface area contributed by atoms with E-state index >= 15 is 0 Å². The Morgan fingerprint density at radius 2 is 1.94 bits per heavy atom. The van der Waals surface area contributed by atoms with Crippen LogP contribution in [0.4, 0.5) is 0 Å². The molecule has 0 radical (unpaired) electrons. The van der Waals surface area contributed by atoms with Crippen molar-refractivity contribution in [2.75, 3.05) is 13.7 Å². The smallest absolute Gasteiger partial charge is 0.251 e. The third kappa shape index (κ3) is 3.46. The van der Waals surface area contributed by atoms with Gasteiger partial charge in [0.15, 0.2) is 0 Å². The van der Waals surface area contributed by atoms with E-state index in [-0.39, 0.29) is 5.91 Å². The molecule has 1 fully saturated rings. The molecule has 16 heavy (non-hydrogen) atoms. The number of hydrogen-bond donors (Lipinski definition) is 2. The van der Waals surface area contributed by atoms with E-state index < -0.39 is 11.2 Å². The van der Waals surface area contributed by atoms with Crippen LogP contribution in [0.15, 0.2) is 0 Å². The molecule has 2 N–H and O–H groups in total. The fourth-order valence-electron chi connectivity index (χ4n) is 1.94. The van der Waals surface area contributed by atoms with E-state index in [1.54, 1.807) is 13.8 Å². The Bertz CT molecular complexity index is 245. The number of ether oxygens (including phenoxy) is 1. The average Bonchev–Trinajstić information content (AvgIpc) is 2.27. The van der Waals surface area contributed by atoms with Gasteiger partial charge in [0.1, 0.15) is 5.60 Å². The summed E-state index contributed by atoms with van der Waals surface area (Å²) in [5.74, 6) is -0.172. The maximum absolute atomic E-state index is 11.7. The lowest BCUT2D eigenvalue weighted by atomic mass is 9.85. The Labute approximate surface area is 97.4 Å². The van der Waals surface area contributed by atoms with Gasteiger partial charge in [-0.15, -0.1) is 0 Å². The van der Waals surface area contributed by atoms with Crippen LogP contribution in [-0.2, 0) is 9.53 Å². The van der Waals surface area contributed by atoms with E-state index in [4.69, 9.17) is 4.74 Å². The van der Waals surface area contributed by atoms with Crippen molar-refractivity contribution in [3.05, 3.63) is 0 Å². The fraction of sp³-hybridized carbons (Fsp3) is 0.917. The highest BCUT2D eigenvalue weighted by molar-refractivity contribution is 5.84. The molecule has 1 rings (SSSR count). The molecular weight excluding hydrogens is 206 g/mol. The first kappa shape index (κ1) is 13.5. The molecule has 94 valence electrons. The number of carbonyl (C=O) groups is 1. The monoisotopic (exact) mass is 229 g/mol. The van der Waals surface area contributed by atoms with Gasteiger partial charge in [0, 0.05) is 13.7 Å². The van der Waals surface area contributed by atoms with Crippen LogP contribution in [0, 0.1) is 0 Å². The molecule has 1 aliphatic rings. The summed E-state index contributed by atoms with van der Waals surface area (Å²) in [6.07, 6.45) is 4.82. The molecule has 0 atom stereocenters. The van der Waals surface area contributed by atoms with Crippen LogP contribution in [0.2, 0.25) is 0 Å². The number of hydrogen-bond acceptors (Lipinski definition) is 3. The van der Waals surface area contributed by atoms with E-state index in [0.717, 1.165) is 25.7 Å². The quantitative estimate of drug-likeness (QED) is 0.762. The lowest BCUT2D eigenvalue weighted by molar-refractivity contribution is -0.141. The lowest BCUT2D eigenvalue weighted by Crippen LogP contribution is -2.50. The zero-order valence-electron chi connectivity index (χ0n) is 10.5. The van der Waals surface area contributed by atoms with E-state index in [2.05, 4.69) is 5.32 Å². The van der Waals surface area contributed by atoms with Gasteiger partial charge < -0.3 is 15.2 Å². The molecule has 4 nitrogen and oxygen atoms in total. The number of nitrogens with one attached hydrogen (secondary N) is 1. The van der Waals surface area contributed by atoms with Crippen LogP contribution < -0.4 is 5.32 Å². The Kier molecular flexibility index (Phi) is 4.33. The second-order valence-electron chi connectivity index (χ2n) is 5.18. The van der Waals surface area contributed by atoms with Crippen molar-refractivity contribution in [3.8, 4) is 0 Å². The Morgan fingerprint density at radius 3 is 2.44 bits per heavy atom. The van der Waals surface area contributed by atoms with Gasteiger partial charge in [0.05, 0.1) is 5.60 Å². The van der Waals surface area contributed by atoms with Crippen LogP contribution in [-0.4, -0.2) is 35.9 Å². The van der Waals surface area contributed by atoms with Gasteiger partial charge in [-0.05, 0) is 26.7 Å². The van der Waals surface area contributed by atoms with Gasteiger partial charge in [-0.25, -0.2) is 0 Å². The van der Waals surface area contributed by atoms with Crippen molar-refractivity contribution >= 4 is 5.91 Å². The topological polar surface area (TPSA) is 58.6 Å². The van der Waals surface area contributed by atoms with Crippen molar-refractivity contribution < 1.29 is 14.6 Å². The van der Waals surface area contributed by atoms with E-state index in [9.17, 15) is 9.90 Å². The van der Waals surface area contributed by atoms with Crippen LogP contribution in [0.5, 0.6) is 0 Å². The standard InChI is InChI=1S/C12H23NO3/c1-11(2,16-3)10(14)13-9-12(15)7-5-4-6-8-12/h15H,4-9H2,1-3H3,(H,13,14). The molecule has 0 aromatic rings. The summed E-state index contributed by atoms with van der Waals surface area (Å²) in [4.78, 5) is 11.7. The molecule has 0 heterocycles. The summed E-state index contributed by atoms with van der Waals surface area (Å²) < 4.78 is 5.08. The summed E-state index contributed by atoms with van der Waals surface area (Å²) >= 11 is 0. The highest BCUT2D eigenvalue weighted by Crippen LogP contribution is 2.27.